The molecule has 5 nitrogen and oxygen atoms in total. The van der Waals surface area contributed by atoms with Gasteiger partial charge in [-0.25, -0.2) is 13.4 Å². The number of hydrogen-bond donors (Lipinski definition) is 1. The minimum Gasteiger partial charge on any atom is -0.339 e. The van der Waals surface area contributed by atoms with Crippen molar-refractivity contribution in [3.63, 3.8) is 0 Å². The van der Waals surface area contributed by atoms with E-state index in [1.165, 1.54) is 10.6 Å². The van der Waals surface area contributed by atoms with Crippen LogP contribution in [-0.2, 0) is 10.0 Å². The highest BCUT2D eigenvalue weighted by Crippen LogP contribution is 2.25. The molecule has 0 unspecified atom stereocenters. The van der Waals surface area contributed by atoms with Crippen molar-refractivity contribution < 1.29 is 8.42 Å². The Balaban J connectivity index is 1.90. The Morgan fingerprint density at radius 2 is 2.26 bits per heavy atom. The molecular formula is C13H15N3O2S. The Kier molecular flexibility index (Phi) is 2.91. The quantitative estimate of drug-likeness (QED) is 0.907. The fourth-order valence-electron chi connectivity index (χ4n) is 2.33. The average Bonchev–Trinajstić information content (AvgIpc) is 2.81. The third-order valence-electron chi connectivity index (χ3n) is 3.38. The van der Waals surface area contributed by atoms with Crippen LogP contribution in [0.25, 0.3) is 16.6 Å². The molecule has 0 spiro atoms. The summed E-state index contributed by atoms with van der Waals surface area (Å²) in [6, 6.07) is 5.97. The molecule has 3 rings (SSSR count). The van der Waals surface area contributed by atoms with Gasteiger partial charge in [0.15, 0.2) is 0 Å². The summed E-state index contributed by atoms with van der Waals surface area (Å²) in [4.78, 5) is 7.53. The van der Waals surface area contributed by atoms with Gasteiger partial charge in [0.25, 0.3) is 0 Å². The number of nitrogens with one attached hydrogen (secondary N) is 1. The SMILES string of the molecule is CS(=O)(=O)N1CC=C(c2cc3cccnc3[nH]2)CC1. The molecule has 0 saturated heterocycles. The van der Waals surface area contributed by atoms with Gasteiger partial charge in [0.2, 0.25) is 10.0 Å². The molecule has 1 aliphatic heterocycles. The largest absolute Gasteiger partial charge is 0.339 e. The molecular weight excluding hydrogens is 262 g/mol. The average molecular weight is 277 g/mol. The summed E-state index contributed by atoms with van der Waals surface area (Å²) in [5, 5.41) is 1.07. The number of pyridine rings is 1. The molecule has 1 aliphatic rings. The molecule has 3 heterocycles. The fraction of sp³-hybridized carbons (Fsp3) is 0.308. The Morgan fingerprint density at radius 3 is 2.89 bits per heavy atom. The van der Waals surface area contributed by atoms with E-state index in [0.717, 1.165) is 28.7 Å². The number of sulfonamides is 1. The standard InChI is InChI=1S/C13H15N3O2S/c1-19(17,18)16-7-4-10(5-8-16)12-9-11-3-2-6-14-13(11)15-12/h2-4,6,9H,5,7-8H2,1H3,(H,14,15). The van der Waals surface area contributed by atoms with Crippen molar-refractivity contribution in [1.82, 2.24) is 14.3 Å². The van der Waals surface area contributed by atoms with Crippen LogP contribution >= 0.6 is 0 Å². The maximum atomic E-state index is 11.4. The minimum absolute atomic E-state index is 0.441. The van der Waals surface area contributed by atoms with Gasteiger partial charge in [-0.05, 0) is 30.2 Å². The topological polar surface area (TPSA) is 66.1 Å². The van der Waals surface area contributed by atoms with Gasteiger partial charge in [0, 0.05) is 30.4 Å². The molecule has 0 radical (unpaired) electrons. The van der Waals surface area contributed by atoms with Crippen molar-refractivity contribution >= 4 is 26.6 Å². The van der Waals surface area contributed by atoms with E-state index in [2.05, 4.69) is 16.0 Å². The van der Waals surface area contributed by atoms with Gasteiger partial charge in [-0.15, -0.1) is 0 Å². The van der Waals surface area contributed by atoms with Gasteiger partial charge in [-0.1, -0.05) is 6.08 Å². The van der Waals surface area contributed by atoms with Gasteiger partial charge in [0.1, 0.15) is 5.65 Å². The van der Waals surface area contributed by atoms with Crippen LogP contribution in [0.5, 0.6) is 0 Å². The number of hydrogen-bond acceptors (Lipinski definition) is 3. The lowest BCUT2D eigenvalue weighted by atomic mass is 10.1. The van der Waals surface area contributed by atoms with E-state index in [0.29, 0.717) is 13.1 Å². The molecule has 0 aliphatic carbocycles. The molecule has 0 fully saturated rings. The van der Waals surface area contributed by atoms with Crippen molar-refractivity contribution in [2.75, 3.05) is 19.3 Å². The maximum absolute atomic E-state index is 11.4. The van der Waals surface area contributed by atoms with Crippen LogP contribution in [0.2, 0.25) is 0 Å². The summed E-state index contributed by atoms with van der Waals surface area (Å²) < 4.78 is 24.4. The normalized spacial score (nSPS) is 17.6. The lowest BCUT2D eigenvalue weighted by molar-refractivity contribution is 0.445. The van der Waals surface area contributed by atoms with E-state index in [1.54, 1.807) is 6.20 Å². The number of rotatable bonds is 2. The predicted octanol–water partition coefficient (Wildman–Crippen LogP) is 1.61. The molecule has 0 bridgehead atoms. The van der Waals surface area contributed by atoms with Gasteiger partial charge < -0.3 is 4.98 Å². The highest BCUT2D eigenvalue weighted by molar-refractivity contribution is 7.88. The second-order valence-corrected chi connectivity index (χ2v) is 6.71. The Bertz CT molecular complexity index is 713. The molecule has 0 saturated carbocycles. The molecule has 0 atom stereocenters. The van der Waals surface area contributed by atoms with Crippen LogP contribution in [0.1, 0.15) is 12.1 Å². The zero-order chi connectivity index (χ0) is 13.5. The number of H-pyrrole nitrogens is 1. The summed E-state index contributed by atoms with van der Waals surface area (Å²) in [5.74, 6) is 0. The van der Waals surface area contributed by atoms with Crippen LogP contribution in [-0.4, -0.2) is 42.0 Å². The number of aromatic nitrogens is 2. The second-order valence-electron chi connectivity index (χ2n) is 4.72. The van der Waals surface area contributed by atoms with Gasteiger partial charge in [0.05, 0.1) is 6.26 Å². The van der Waals surface area contributed by atoms with Crippen molar-refractivity contribution in [2.24, 2.45) is 0 Å². The molecule has 19 heavy (non-hydrogen) atoms. The highest BCUT2D eigenvalue weighted by Gasteiger charge is 2.20. The van der Waals surface area contributed by atoms with Crippen LogP contribution in [0.3, 0.4) is 0 Å². The van der Waals surface area contributed by atoms with E-state index in [1.807, 2.05) is 18.2 Å². The molecule has 2 aromatic heterocycles. The van der Waals surface area contributed by atoms with Gasteiger partial charge in [-0.2, -0.15) is 4.31 Å². The number of fused-ring (bicyclic) bond motifs is 1. The number of nitrogens with zero attached hydrogens (tertiary/aromatic N) is 2. The van der Waals surface area contributed by atoms with E-state index in [9.17, 15) is 8.42 Å². The Morgan fingerprint density at radius 1 is 1.42 bits per heavy atom. The van der Waals surface area contributed by atoms with Crippen LogP contribution in [0, 0.1) is 0 Å². The molecule has 0 amide bonds. The first-order chi connectivity index (χ1) is 9.04. The first-order valence-corrected chi connectivity index (χ1v) is 7.97. The third-order valence-corrected chi connectivity index (χ3v) is 4.65. The van der Waals surface area contributed by atoms with Gasteiger partial charge in [-0.3, -0.25) is 0 Å². The zero-order valence-corrected chi connectivity index (χ0v) is 11.4. The van der Waals surface area contributed by atoms with E-state index >= 15 is 0 Å². The van der Waals surface area contributed by atoms with Crippen molar-refractivity contribution in [1.29, 1.82) is 0 Å². The highest BCUT2D eigenvalue weighted by atomic mass is 32.2. The predicted molar refractivity (Wildman–Crippen MR) is 75.1 cm³/mol. The molecule has 2 aromatic rings. The first kappa shape index (κ1) is 12.4. The lowest BCUT2D eigenvalue weighted by Crippen LogP contribution is -2.33. The lowest BCUT2D eigenvalue weighted by Gasteiger charge is -2.23. The smallest absolute Gasteiger partial charge is 0.211 e. The molecule has 6 heteroatoms. The Labute approximate surface area is 112 Å². The van der Waals surface area contributed by atoms with Crippen molar-refractivity contribution in [3.05, 3.63) is 36.2 Å². The van der Waals surface area contributed by atoms with Gasteiger partial charge >= 0.3 is 0 Å². The maximum Gasteiger partial charge on any atom is 0.211 e. The summed E-state index contributed by atoms with van der Waals surface area (Å²) in [7, 11) is -3.09. The summed E-state index contributed by atoms with van der Waals surface area (Å²) in [6.07, 6.45) is 5.69. The van der Waals surface area contributed by atoms with Crippen molar-refractivity contribution in [3.8, 4) is 0 Å². The van der Waals surface area contributed by atoms with E-state index in [4.69, 9.17) is 0 Å². The van der Waals surface area contributed by atoms with Crippen LogP contribution in [0.4, 0.5) is 0 Å². The third kappa shape index (κ3) is 2.41. The molecule has 1 N–H and O–H groups in total. The second kappa shape index (κ2) is 4.47. The molecule has 100 valence electrons. The zero-order valence-electron chi connectivity index (χ0n) is 10.6. The fourth-order valence-corrected chi connectivity index (χ4v) is 3.10. The monoisotopic (exact) mass is 277 g/mol. The summed E-state index contributed by atoms with van der Waals surface area (Å²) in [6.45, 7) is 0.977. The summed E-state index contributed by atoms with van der Waals surface area (Å²) in [5.41, 5.74) is 3.05. The molecule has 0 aromatic carbocycles. The van der Waals surface area contributed by atoms with E-state index < -0.39 is 10.0 Å². The number of aromatic amines is 1. The summed E-state index contributed by atoms with van der Waals surface area (Å²) >= 11 is 0. The van der Waals surface area contributed by atoms with Crippen LogP contribution in [0.15, 0.2) is 30.5 Å². The van der Waals surface area contributed by atoms with Crippen molar-refractivity contribution in [2.45, 2.75) is 6.42 Å². The van der Waals surface area contributed by atoms with E-state index in [-0.39, 0.29) is 0 Å². The van der Waals surface area contributed by atoms with Crippen LogP contribution < -0.4 is 0 Å². The Hall–Kier alpha value is -1.66. The first-order valence-electron chi connectivity index (χ1n) is 6.12. The minimum atomic E-state index is -3.09.